The third-order valence-electron chi connectivity index (χ3n) is 6.55. The quantitative estimate of drug-likeness (QED) is 0.686. The largest absolute Gasteiger partial charge is 0.444 e. The van der Waals surface area contributed by atoms with Crippen LogP contribution in [-0.2, 0) is 14.9 Å². The summed E-state index contributed by atoms with van der Waals surface area (Å²) in [7, 11) is 1.86. The van der Waals surface area contributed by atoms with Crippen molar-refractivity contribution in [3.05, 3.63) is 23.8 Å². The number of likely N-dealkylation sites (tertiary alicyclic amines) is 1. The zero-order valence-electron chi connectivity index (χ0n) is 18.0. The van der Waals surface area contributed by atoms with E-state index >= 15 is 0 Å². The number of rotatable bonds is 0. The van der Waals surface area contributed by atoms with Crippen LogP contribution in [-0.4, -0.2) is 54.2 Å². The molecular formula is C22H31N3O3. The number of hydrogen-bond donors (Lipinski definition) is 0. The predicted octanol–water partition coefficient (Wildman–Crippen LogP) is 3.53. The zero-order chi connectivity index (χ0) is 20.6. The van der Waals surface area contributed by atoms with Crippen molar-refractivity contribution in [2.24, 2.45) is 0 Å². The molecule has 0 N–H and O–H groups in total. The van der Waals surface area contributed by atoms with Gasteiger partial charge >= 0.3 is 6.09 Å². The summed E-state index contributed by atoms with van der Waals surface area (Å²) in [5, 5.41) is 0. The number of carbonyl (C=O) groups is 2. The molecule has 152 valence electrons. The van der Waals surface area contributed by atoms with E-state index in [1.807, 2.05) is 58.7 Å². The maximum Gasteiger partial charge on any atom is 0.410 e. The van der Waals surface area contributed by atoms with E-state index < -0.39 is 11.1 Å². The van der Waals surface area contributed by atoms with E-state index in [4.69, 9.17) is 4.74 Å². The summed E-state index contributed by atoms with van der Waals surface area (Å²) in [5.74, 6) is 0.107. The summed E-state index contributed by atoms with van der Waals surface area (Å²) >= 11 is 0. The van der Waals surface area contributed by atoms with E-state index in [1.165, 1.54) is 5.56 Å². The molecule has 4 rings (SSSR count). The van der Waals surface area contributed by atoms with Gasteiger partial charge in [-0.25, -0.2) is 4.79 Å². The molecule has 2 unspecified atom stereocenters. The maximum atomic E-state index is 13.1. The first-order valence-corrected chi connectivity index (χ1v) is 10.1. The molecule has 3 aliphatic rings. The van der Waals surface area contributed by atoms with Crippen LogP contribution in [0.2, 0.25) is 0 Å². The van der Waals surface area contributed by atoms with Crippen molar-refractivity contribution in [3.8, 4) is 0 Å². The van der Waals surface area contributed by atoms with Gasteiger partial charge in [-0.05, 0) is 52.7 Å². The van der Waals surface area contributed by atoms with Gasteiger partial charge in [0.25, 0.3) is 5.91 Å². The minimum atomic E-state index is -0.617. The van der Waals surface area contributed by atoms with Crippen LogP contribution in [0.3, 0.4) is 0 Å². The van der Waals surface area contributed by atoms with Crippen molar-refractivity contribution >= 4 is 23.4 Å². The molecule has 6 nitrogen and oxygen atoms in total. The van der Waals surface area contributed by atoms with Crippen LogP contribution in [0.1, 0.15) is 53.5 Å². The van der Waals surface area contributed by atoms with Gasteiger partial charge < -0.3 is 19.4 Å². The minimum absolute atomic E-state index is 0.107. The highest BCUT2D eigenvalue weighted by Crippen LogP contribution is 2.57. The van der Waals surface area contributed by atoms with Crippen molar-refractivity contribution in [1.29, 1.82) is 0 Å². The first-order valence-electron chi connectivity index (χ1n) is 10.1. The van der Waals surface area contributed by atoms with E-state index in [-0.39, 0.29) is 23.5 Å². The molecular weight excluding hydrogens is 354 g/mol. The van der Waals surface area contributed by atoms with E-state index in [2.05, 4.69) is 17.9 Å². The van der Waals surface area contributed by atoms with Crippen molar-refractivity contribution in [1.82, 2.24) is 4.90 Å². The van der Waals surface area contributed by atoms with Crippen LogP contribution in [0, 0.1) is 0 Å². The fraction of sp³-hybridized carbons (Fsp3) is 0.636. The molecule has 0 saturated carbocycles. The van der Waals surface area contributed by atoms with Crippen LogP contribution < -0.4 is 9.80 Å². The van der Waals surface area contributed by atoms with Crippen LogP contribution in [0.5, 0.6) is 0 Å². The van der Waals surface area contributed by atoms with Gasteiger partial charge in [-0.2, -0.15) is 0 Å². The van der Waals surface area contributed by atoms with Gasteiger partial charge in [0.15, 0.2) is 0 Å². The summed E-state index contributed by atoms with van der Waals surface area (Å²) in [4.78, 5) is 31.8. The average molecular weight is 386 g/mol. The maximum absolute atomic E-state index is 13.1. The Balaban J connectivity index is 1.77. The molecule has 6 heteroatoms. The summed E-state index contributed by atoms with van der Waals surface area (Å²) in [6.07, 6.45) is 0.551. The Morgan fingerprint density at radius 1 is 1.21 bits per heavy atom. The lowest BCUT2D eigenvalue weighted by Crippen LogP contribution is -2.65. The molecule has 1 saturated heterocycles. The number of carbonyl (C=O) groups excluding carboxylic acids is 2. The highest BCUT2D eigenvalue weighted by molar-refractivity contribution is 6.09. The van der Waals surface area contributed by atoms with Crippen molar-refractivity contribution < 1.29 is 14.3 Å². The standard InChI is InChI=1S/C22H31N3O3/c1-20(2,3)28-19(27)24-12-11-16-22(6,13-24)14-9-8-10-15-17(14)25(16)21(4,5)18(26)23(15)7/h8-10,16H,11-13H2,1-7H3. The number of nitrogens with zero attached hydrogens (tertiary/aromatic N) is 3. The Morgan fingerprint density at radius 3 is 2.54 bits per heavy atom. The minimum Gasteiger partial charge on any atom is -0.444 e. The van der Waals surface area contributed by atoms with E-state index in [1.54, 1.807) is 4.90 Å². The number of fused-ring (bicyclic) bond motifs is 3. The fourth-order valence-corrected chi connectivity index (χ4v) is 5.30. The molecule has 0 bridgehead atoms. The van der Waals surface area contributed by atoms with Crippen molar-refractivity contribution in [2.45, 2.75) is 70.6 Å². The normalized spacial score (nSPS) is 28.2. The third-order valence-corrected chi connectivity index (χ3v) is 6.55. The van der Waals surface area contributed by atoms with Gasteiger partial charge in [0, 0.05) is 31.6 Å². The van der Waals surface area contributed by atoms with Gasteiger partial charge in [0.2, 0.25) is 0 Å². The molecule has 3 heterocycles. The summed E-state index contributed by atoms with van der Waals surface area (Å²) in [6, 6.07) is 6.37. The molecule has 2 amide bonds. The van der Waals surface area contributed by atoms with Gasteiger partial charge in [-0.3, -0.25) is 4.79 Å². The van der Waals surface area contributed by atoms with Crippen LogP contribution in [0.25, 0.3) is 0 Å². The van der Waals surface area contributed by atoms with Crippen LogP contribution in [0.15, 0.2) is 18.2 Å². The topological polar surface area (TPSA) is 53.1 Å². The SMILES string of the molecule is CN1C(=O)C(C)(C)N2c3c1cccc3C1(C)CN(C(=O)OC(C)(C)C)CCC21. The first-order chi connectivity index (χ1) is 12.9. The molecule has 0 radical (unpaired) electrons. The zero-order valence-corrected chi connectivity index (χ0v) is 18.0. The Labute approximate surface area is 167 Å². The molecule has 2 atom stereocenters. The Hall–Kier alpha value is -2.24. The van der Waals surface area contributed by atoms with Gasteiger partial charge in [0.1, 0.15) is 11.1 Å². The Bertz CT molecular complexity index is 857. The molecule has 0 spiro atoms. The van der Waals surface area contributed by atoms with Crippen molar-refractivity contribution in [3.63, 3.8) is 0 Å². The number of benzene rings is 1. The Kier molecular flexibility index (Phi) is 3.85. The van der Waals surface area contributed by atoms with Gasteiger partial charge in [-0.1, -0.05) is 19.1 Å². The molecule has 28 heavy (non-hydrogen) atoms. The lowest BCUT2D eigenvalue weighted by Gasteiger charge is -2.51. The third kappa shape index (κ3) is 2.46. The summed E-state index contributed by atoms with van der Waals surface area (Å²) in [6.45, 7) is 13.2. The summed E-state index contributed by atoms with van der Waals surface area (Å²) in [5.41, 5.74) is 1.95. The predicted molar refractivity (Wildman–Crippen MR) is 110 cm³/mol. The number of anilines is 2. The Morgan fingerprint density at radius 2 is 1.89 bits per heavy atom. The van der Waals surface area contributed by atoms with Crippen LogP contribution >= 0.6 is 0 Å². The average Bonchev–Trinajstić information content (AvgIpc) is 2.86. The first kappa shape index (κ1) is 19.1. The second-order valence-electron chi connectivity index (χ2n) is 10.1. The molecule has 0 aliphatic carbocycles. The molecule has 3 aliphatic heterocycles. The number of piperidine rings is 1. The molecule has 1 fully saturated rings. The highest BCUT2D eigenvalue weighted by Gasteiger charge is 2.59. The summed E-state index contributed by atoms with van der Waals surface area (Å²) < 4.78 is 5.63. The number of likely N-dealkylation sites (N-methyl/N-ethyl adjacent to an activating group) is 1. The molecule has 1 aromatic carbocycles. The lowest BCUT2D eigenvalue weighted by molar-refractivity contribution is -0.123. The van der Waals surface area contributed by atoms with E-state index in [0.29, 0.717) is 13.1 Å². The van der Waals surface area contributed by atoms with Crippen molar-refractivity contribution in [2.75, 3.05) is 29.9 Å². The molecule has 0 aromatic heterocycles. The highest BCUT2D eigenvalue weighted by atomic mass is 16.6. The second-order valence-corrected chi connectivity index (χ2v) is 10.1. The van der Waals surface area contributed by atoms with Gasteiger partial charge in [-0.15, -0.1) is 0 Å². The second kappa shape index (κ2) is 5.65. The fourth-order valence-electron chi connectivity index (χ4n) is 5.30. The van der Waals surface area contributed by atoms with Crippen LogP contribution in [0.4, 0.5) is 16.2 Å². The number of amides is 2. The van der Waals surface area contributed by atoms with Gasteiger partial charge in [0.05, 0.1) is 11.4 Å². The van der Waals surface area contributed by atoms with E-state index in [0.717, 1.165) is 17.8 Å². The smallest absolute Gasteiger partial charge is 0.410 e. The monoisotopic (exact) mass is 385 g/mol. The lowest BCUT2D eigenvalue weighted by atomic mass is 9.74. The number of para-hydroxylation sites is 1. The number of ether oxygens (including phenoxy) is 1. The molecule has 1 aromatic rings. The van der Waals surface area contributed by atoms with E-state index in [9.17, 15) is 9.59 Å². The number of hydrogen-bond acceptors (Lipinski definition) is 4.